The fourth-order valence-corrected chi connectivity index (χ4v) is 2.06. The number of rotatable bonds is 4. The van der Waals surface area contributed by atoms with E-state index in [0.29, 0.717) is 12.2 Å². The molecule has 1 N–H and O–H groups in total. The minimum atomic E-state index is -0.188. The summed E-state index contributed by atoms with van der Waals surface area (Å²) in [7, 11) is 0. The summed E-state index contributed by atoms with van der Waals surface area (Å²) in [5.74, 6) is 3.37. The summed E-state index contributed by atoms with van der Waals surface area (Å²) in [4.78, 5) is 12.0. The maximum Gasteiger partial charge on any atom is 0.252 e. The highest BCUT2D eigenvalue weighted by molar-refractivity contribution is 5.95. The summed E-state index contributed by atoms with van der Waals surface area (Å²) in [6.07, 6.45) is 8.01. The first-order valence-corrected chi connectivity index (χ1v) is 6.27. The largest absolute Gasteiger partial charge is 0.493 e. The Balaban J connectivity index is 2.07. The van der Waals surface area contributed by atoms with Crippen molar-refractivity contribution in [3.63, 3.8) is 0 Å². The second-order valence-electron chi connectivity index (χ2n) is 4.40. The van der Waals surface area contributed by atoms with Crippen molar-refractivity contribution in [1.82, 2.24) is 5.32 Å². The van der Waals surface area contributed by atoms with Gasteiger partial charge in [-0.25, -0.2) is 0 Å². The van der Waals surface area contributed by atoms with Gasteiger partial charge in [0.1, 0.15) is 5.75 Å². The third-order valence-electron chi connectivity index (χ3n) is 3.04. The Morgan fingerprint density at radius 1 is 1.61 bits per heavy atom. The van der Waals surface area contributed by atoms with Crippen molar-refractivity contribution >= 4 is 5.91 Å². The lowest BCUT2D eigenvalue weighted by Crippen LogP contribution is -2.33. The van der Waals surface area contributed by atoms with E-state index >= 15 is 0 Å². The minimum Gasteiger partial charge on any atom is -0.493 e. The van der Waals surface area contributed by atoms with Crippen LogP contribution in [0.15, 0.2) is 18.2 Å². The van der Waals surface area contributed by atoms with Crippen LogP contribution in [0.5, 0.6) is 5.75 Å². The zero-order chi connectivity index (χ0) is 13.0. The molecule has 1 amide bonds. The Labute approximate surface area is 108 Å². The van der Waals surface area contributed by atoms with Gasteiger partial charge in [-0.1, -0.05) is 19.3 Å². The van der Waals surface area contributed by atoms with E-state index in [4.69, 9.17) is 11.2 Å². The topological polar surface area (TPSA) is 38.3 Å². The van der Waals surface area contributed by atoms with Gasteiger partial charge in [-0.15, -0.1) is 6.42 Å². The fourth-order valence-electron chi connectivity index (χ4n) is 2.06. The first-order chi connectivity index (χ1) is 8.74. The molecule has 0 saturated heterocycles. The zero-order valence-corrected chi connectivity index (χ0v) is 10.5. The minimum absolute atomic E-state index is 0.110. The molecule has 0 aliphatic carbocycles. The molecular formula is C15H17NO2. The molecule has 1 aromatic carbocycles. The molecule has 1 aliphatic rings. The molecule has 0 aromatic heterocycles. The van der Waals surface area contributed by atoms with Gasteiger partial charge in [-0.3, -0.25) is 4.79 Å². The van der Waals surface area contributed by atoms with Crippen LogP contribution >= 0.6 is 0 Å². The summed E-state index contributed by atoms with van der Waals surface area (Å²) in [6.45, 7) is 2.74. The number of benzene rings is 1. The Hall–Kier alpha value is -1.95. The van der Waals surface area contributed by atoms with Crippen LogP contribution in [-0.2, 0) is 6.42 Å². The second-order valence-corrected chi connectivity index (χ2v) is 4.40. The van der Waals surface area contributed by atoms with Crippen molar-refractivity contribution in [1.29, 1.82) is 0 Å². The maximum absolute atomic E-state index is 12.0. The molecule has 1 atom stereocenters. The third kappa shape index (κ3) is 2.65. The van der Waals surface area contributed by atoms with Gasteiger partial charge in [0.05, 0.1) is 12.6 Å². The SMILES string of the molecule is C#CC(CCC)NC(=O)c1ccc2c(c1)CCO2. The van der Waals surface area contributed by atoms with E-state index in [1.807, 2.05) is 19.1 Å². The van der Waals surface area contributed by atoms with Crippen molar-refractivity contribution in [3.05, 3.63) is 29.3 Å². The van der Waals surface area contributed by atoms with Crippen LogP contribution in [-0.4, -0.2) is 18.6 Å². The first kappa shape index (κ1) is 12.5. The van der Waals surface area contributed by atoms with Gasteiger partial charge in [0.25, 0.3) is 5.91 Å². The predicted molar refractivity (Wildman–Crippen MR) is 70.6 cm³/mol. The van der Waals surface area contributed by atoms with Crippen molar-refractivity contribution < 1.29 is 9.53 Å². The summed E-state index contributed by atoms with van der Waals surface area (Å²) >= 11 is 0. The van der Waals surface area contributed by atoms with Crippen LogP contribution < -0.4 is 10.1 Å². The van der Waals surface area contributed by atoms with Gasteiger partial charge in [-0.2, -0.15) is 0 Å². The van der Waals surface area contributed by atoms with Gasteiger partial charge in [0, 0.05) is 12.0 Å². The average molecular weight is 243 g/mol. The number of hydrogen-bond donors (Lipinski definition) is 1. The Bertz CT molecular complexity index is 488. The van der Waals surface area contributed by atoms with E-state index in [2.05, 4.69) is 11.2 Å². The van der Waals surface area contributed by atoms with Gasteiger partial charge >= 0.3 is 0 Å². The molecule has 18 heavy (non-hydrogen) atoms. The van der Waals surface area contributed by atoms with Crippen molar-refractivity contribution in [3.8, 4) is 18.1 Å². The average Bonchev–Trinajstić information content (AvgIpc) is 2.85. The number of amides is 1. The van der Waals surface area contributed by atoms with Crippen molar-refractivity contribution in [2.75, 3.05) is 6.61 Å². The van der Waals surface area contributed by atoms with E-state index in [9.17, 15) is 4.79 Å². The van der Waals surface area contributed by atoms with Gasteiger partial charge in [0.2, 0.25) is 0 Å². The highest BCUT2D eigenvalue weighted by Gasteiger charge is 2.16. The Morgan fingerprint density at radius 2 is 2.44 bits per heavy atom. The number of terminal acetylenes is 1. The fraction of sp³-hybridized carbons (Fsp3) is 0.400. The molecule has 0 spiro atoms. The molecule has 0 radical (unpaired) electrons. The smallest absolute Gasteiger partial charge is 0.252 e. The summed E-state index contributed by atoms with van der Waals surface area (Å²) in [5, 5.41) is 2.86. The van der Waals surface area contributed by atoms with Crippen LogP contribution in [0.25, 0.3) is 0 Å². The molecule has 1 aliphatic heterocycles. The predicted octanol–water partition coefficient (Wildman–Crippen LogP) is 2.15. The quantitative estimate of drug-likeness (QED) is 0.823. The normalized spacial score (nSPS) is 14.2. The molecule has 1 aromatic rings. The molecule has 0 bridgehead atoms. The molecule has 3 nitrogen and oxygen atoms in total. The molecule has 94 valence electrons. The molecular weight excluding hydrogens is 226 g/mol. The van der Waals surface area contributed by atoms with Crippen LogP contribution in [0, 0.1) is 12.3 Å². The number of fused-ring (bicyclic) bond motifs is 1. The molecule has 0 fully saturated rings. The molecule has 1 heterocycles. The lowest BCUT2D eigenvalue weighted by atomic mass is 10.1. The molecule has 0 saturated carbocycles. The van der Waals surface area contributed by atoms with Crippen LogP contribution in [0.1, 0.15) is 35.7 Å². The lowest BCUT2D eigenvalue weighted by molar-refractivity contribution is 0.0944. The monoisotopic (exact) mass is 243 g/mol. The second kappa shape index (κ2) is 5.59. The van der Waals surface area contributed by atoms with E-state index in [-0.39, 0.29) is 11.9 Å². The van der Waals surface area contributed by atoms with Crippen molar-refractivity contribution in [2.24, 2.45) is 0 Å². The van der Waals surface area contributed by atoms with E-state index < -0.39 is 0 Å². The number of carbonyl (C=O) groups is 1. The summed E-state index contributed by atoms with van der Waals surface area (Å²) in [6, 6.07) is 5.32. The van der Waals surface area contributed by atoms with Gasteiger partial charge in [0.15, 0.2) is 0 Å². The summed E-state index contributed by atoms with van der Waals surface area (Å²) < 4.78 is 5.41. The molecule has 3 heteroatoms. The number of hydrogen-bond acceptors (Lipinski definition) is 2. The number of carbonyl (C=O) groups excluding carboxylic acids is 1. The van der Waals surface area contributed by atoms with Crippen LogP contribution in [0.4, 0.5) is 0 Å². The van der Waals surface area contributed by atoms with Crippen LogP contribution in [0.2, 0.25) is 0 Å². The van der Waals surface area contributed by atoms with E-state index in [1.165, 1.54) is 0 Å². The Morgan fingerprint density at radius 3 is 3.17 bits per heavy atom. The number of ether oxygens (including phenoxy) is 1. The van der Waals surface area contributed by atoms with E-state index in [1.54, 1.807) is 6.07 Å². The van der Waals surface area contributed by atoms with Crippen molar-refractivity contribution in [2.45, 2.75) is 32.2 Å². The number of nitrogens with one attached hydrogen (secondary N) is 1. The molecule has 1 unspecified atom stereocenters. The zero-order valence-electron chi connectivity index (χ0n) is 10.5. The third-order valence-corrected chi connectivity index (χ3v) is 3.04. The molecule has 2 rings (SSSR count). The van der Waals surface area contributed by atoms with Crippen LogP contribution in [0.3, 0.4) is 0 Å². The lowest BCUT2D eigenvalue weighted by Gasteiger charge is -2.12. The summed E-state index contributed by atoms with van der Waals surface area (Å²) in [5.41, 5.74) is 1.74. The maximum atomic E-state index is 12.0. The van der Waals surface area contributed by atoms with Gasteiger partial charge < -0.3 is 10.1 Å². The standard InChI is InChI=1S/C15H17NO2/c1-3-5-13(4-2)16-15(17)12-6-7-14-11(10-12)8-9-18-14/h2,6-7,10,13H,3,5,8-9H2,1H3,(H,16,17). The van der Waals surface area contributed by atoms with Gasteiger partial charge in [-0.05, 0) is 30.2 Å². The highest BCUT2D eigenvalue weighted by atomic mass is 16.5. The highest BCUT2D eigenvalue weighted by Crippen LogP contribution is 2.25. The first-order valence-electron chi connectivity index (χ1n) is 6.27. The van der Waals surface area contributed by atoms with E-state index in [0.717, 1.165) is 30.6 Å². The Kier molecular flexibility index (Phi) is 3.88.